The second-order valence-corrected chi connectivity index (χ2v) is 3.93. The molecular formula is C9H16N6O2. The third-order valence-electron chi connectivity index (χ3n) is 2.80. The van der Waals surface area contributed by atoms with Crippen molar-refractivity contribution in [2.45, 2.75) is 26.7 Å². The largest absolute Gasteiger partial charge is 0.350 e. The molecule has 1 aliphatic carbocycles. The highest BCUT2D eigenvalue weighted by molar-refractivity contribution is 6.12. The van der Waals surface area contributed by atoms with Crippen LogP contribution in [-0.4, -0.2) is 23.5 Å². The minimum Gasteiger partial charge on any atom is -0.350 e. The number of primary amides is 2. The van der Waals surface area contributed by atoms with Crippen molar-refractivity contribution in [1.29, 1.82) is 0 Å². The molecule has 0 aromatic heterocycles. The van der Waals surface area contributed by atoms with Crippen LogP contribution in [-0.2, 0) is 0 Å². The van der Waals surface area contributed by atoms with Crippen LogP contribution in [0.25, 0.3) is 0 Å². The highest BCUT2D eigenvalue weighted by atomic mass is 16.2. The van der Waals surface area contributed by atoms with E-state index in [1.165, 1.54) is 0 Å². The Balaban J connectivity index is 2.74. The highest BCUT2D eigenvalue weighted by Crippen LogP contribution is 2.48. The van der Waals surface area contributed by atoms with Crippen LogP contribution in [0.1, 0.15) is 26.7 Å². The first-order valence-electron chi connectivity index (χ1n) is 5.09. The third kappa shape index (κ3) is 3.16. The van der Waals surface area contributed by atoms with E-state index in [1.54, 1.807) is 13.8 Å². The second kappa shape index (κ2) is 4.81. The van der Waals surface area contributed by atoms with Gasteiger partial charge in [0, 0.05) is 16.8 Å². The lowest BCUT2D eigenvalue weighted by molar-refractivity contribution is 0.248. The van der Waals surface area contributed by atoms with Gasteiger partial charge in [0.2, 0.25) is 0 Å². The maximum atomic E-state index is 10.5. The normalized spacial score (nSPS) is 18.5. The zero-order valence-electron chi connectivity index (χ0n) is 9.78. The van der Waals surface area contributed by atoms with Gasteiger partial charge in [-0.15, -0.1) is 0 Å². The quantitative estimate of drug-likeness (QED) is 0.401. The number of nitrogens with two attached hydrogens (primary N) is 2. The fraction of sp³-hybridized carbons (Fsp3) is 0.556. The molecule has 0 heterocycles. The molecule has 0 radical (unpaired) electrons. The Bertz CT molecular complexity index is 362. The Kier molecular flexibility index (Phi) is 3.66. The summed E-state index contributed by atoms with van der Waals surface area (Å²) in [7, 11) is 0. The molecule has 0 saturated heterocycles. The Morgan fingerprint density at radius 1 is 1.00 bits per heavy atom. The van der Waals surface area contributed by atoms with E-state index in [0.717, 1.165) is 12.8 Å². The number of rotatable bonds is 4. The van der Waals surface area contributed by atoms with Crippen LogP contribution in [0.3, 0.4) is 0 Å². The van der Waals surface area contributed by atoms with Crippen LogP contribution in [0.2, 0.25) is 0 Å². The molecule has 1 fully saturated rings. The summed E-state index contributed by atoms with van der Waals surface area (Å²) >= 11 is 0. The number of carbonyl (C=O) groups is 2. The molecule has 8 nitrogen and oxygen atoms in total. The van der Waals surface area contributed by atoms with E-state index in [0.29, 0.717) is 11.4 Å². The van der Waals surface area contributed by atoms with Crippen LogP contribution in [0, 0.1) is 5.41 Å². The minimum absolute atomic E-state index is 0.301. The van der Waals surface area contributed by atoms with E-state index in [1.807, 2.05) is 0 Å². The molecule has 0 aromatic carbocycles. The molecule has 0 atom stereocenters. The van der Waals surface area contributed by atoms with E-state index in [4.69, 9.17) is 11.5 Å². The van der Waals surface area contributed by atoms with Crippen LogP contribution >= 0.6 is 0 Å². The molecule has 1 aliphatic rings. The zero-order valence-corrected chi connectivity index (χ0v) is 9.78. The van der Waals surface area contributed by atoms with Crippen LogP contribution in [0.15, 0.2) is 10.2 Å². The summed E-state index contributed by atoms with van der Waals surface area (Å²) in [6.07, 6.45) is 1.72. The van der Waals surface area contributed by atoms with Gasteiger partial charge in [-0.25, -0.2) is 20.4 Å². The van der Waals surface area contributed by atoms with Crippen LogP contribution < -0.4 is 22.3 Å². The van der Waals surface area contributed by atoms with Crippen LogP contribution in [0.5, 0.6) is 0 Å². The number of urea groups is 2. The zero-order chi connectivity index (χ0) is 13.1. The maximum Gasteiger partial charge on any atom is 0.332 e. The summed E-state index contributed by atoms with van der Waals surface area (Å²) in [5, 5.41) is 7.75. The smallest absolute Gasteiger partial charge is 0.332 e. The number of amides is 4. The predicted octanol–water partition coefficient (Wildman–Crippen LogP) is -0.145. The van der Waals surface area contributed by atoms with Gasteiger partial charge in [0.1, 0.15) is 0 Å². The van der Waals surface area contributed by atoms with E-state index < -0.39 is 12.1 Å². The average molecular weight is 240 g/mol. The summed E-state index contributed by atoms with van der Waals surface area (Å²) in [6.45, 7) is 3.54. The van der Waals surface area contributed by atoms with Gasteiger partial charge >= 0.3 is 12.1 Å². The van der Waals surface area contributed by atoms with Crippen molar-refractivity contribution in [2.24, 2.45) is 27.1 Å². The lowest BCUT2D eigenvalue weighted by Crippen LogP contribution is -2.31. The van der Waals surface area contributed by atoms with Crippen molar-refractivity contribution < 1.29 is 9.59 Å². The third-order valence-corrected chi connectivity index (χ3v) is 2.80. The van der Waals surface area contributed by atoms with Crippen molar-refractivity contribution in [3.8, 4) is 0 Å². The predicted molar refractivity (Wildman–Crippen MR) is 63.3 cm³/mol. The molecular weight excluding hydrogens is 224 g/mol. The molecule has 0 spiro atoms. The first-order chi connectivity index (χ1) is 7.88. The monoisotopic (exact) mass is 240 g/mol. The maximum absolute atomic E-state index is 10.5. The van der Waals surface area contributed by atoms with Gasteiger partial charge < -0.3 is 11.5 Å². The number of hydrazone groups is 2. The highest BCUT2D eigenvalue weighted by Gasteiger charge is 2.48. The molecule has 0 unspecified atom stereocenters. The van der Waals surface area contributed by atoms with Gasteiger partial charge in [-0.05, 0) is 26.7 Å². The fourth-order valence-electron chi connectivity index (χ4n) is 1.60. The van der Waals surface area contributed by atoms with E-state index in [9.17, 15) is 9.59 Å². The fourth-order valence-corrected chi connectivity index (χ4v) is 1.60. The Morgan fingerprint density at radius 2 is 1.35 bits per heavy atom. The first kappa shape index (κ1) is 12.9. The standard InChI is InChI=1S/C9H16N6O2/c1-5(12-14-7(10)16)9(3-4-9)6(2)13-15-8(11)17/h3-4H2,1-2H3,(H3,10,14,16)(H3,11,15,17)/b12-5+,13-6+. The van der Waals surface area contributed by atoms with Crippen molar-refractivity contribution in [3.63, 3.8) is 0 Å². The van der Waals surface area contributed by atoms with Gasteiger partial charge in [0.15, 0.2) is 0 Å². The number of nitrogens with zero attached hydrogens (tertiary/aromatic N) is 2. The van der Waals surface area contributed by atoms with Crippen molar-refractivity contribution >= 4 is 23.5 Å². The van der Waals surface area contributed by atoms with Gasteiger partial charge in [-0.2, -0.15) is 10.2 Å². The summed E-state index contributed by atoms with van der Waals surface area (Å²) in [6, 6.07) is -1.44. The Labute approximate surface area is 98.5 Å². The molecule has 1 rings (SSSR count). The van der Waals surface area contributed by atoms with E-state index in [2.05, 4.69) is 21.1 Å². The van der Waals surface area contributed by atoms with Gasteiger partial charge in [0.25, 0.3) is 0 Å². The van der Waals surface area contributed by atoms with Crippen molar-refractivity contribution in [1.82, 2.24) is 10.9 Å². The lowest BCUT2D eigenvalue weighted by Gasteiger charge is -2.14. The van der Waals surface area contributed by atoms with Gasteiger partial charge in [-0.3, -0.25) is 0 Å². The molecule has 0 aliphatic heterocycles. The number of hydrogen-bond acceptors (Lipinski definition) is 4. The minimum atomic E-state index is -0.718. The molecule has 0 bridgehead atoms. The number of nitrogens with one attached hydrogen (secondary N) is 2. The van der Waals surface area contributed by atoms with Gasteiger partial charge in [-0.1, -0.05) is 0 Å². The SMILES string of the molecule is C/C(=N\NC(N)=O)C1(/C(C)=N/NC(N)=O)CC1. The molecule has 0 aromatic rings. The van der Waals surface area contributed by atoms with Crippen molar-refractivity contribution in [2.75, 3.05) is 0 Å². The molecule has 4 amide bonds. The topological polar surface area (TPSA) is 135 Å². The average Bonchev–Trinajstić information content (AvgIpc) is 3.03. The molecule has 17 heavy (non-hydrogen) atoms. The lowest BCUT2D eigenvalue weighted by atomic mass is 9.96. The second-order valence-electron chi connectivity index (χ2n) is 3.93. The Morgan fingerprint density at radius 3 is 1.59 bits per heavy atom. The Hall–Kier alpha value is -2.12. The summed E-state index contributed by atoms with van der Waals surface area (Å²) in [5.74, 6) is 0. The van der Waals surface area contributed by atoms with Crippen molar-refractivity contribution in [3.05, 3.63) is 0 Å². The summed E-state index contributed by atoms with van der Waals surface area (Å²) in [4.78, 5) is 21.1. The number of carbonyl (C=O) groups excluding carboxylic acids is 2. The summed E-state index contributed by atoms with van der Waals surface area (Å²) in [5.41, 5.74) is 15.3. The number of hydrogen-bond donors (Lipinski definition) is 4. The molecule has 1 saturated carbocycles. The molecule has 94 valence electrons. The van der Waals surface area contributed by atoms with E-state index >= 15 is 0 Å². The van der Waals surface area contributed by atoms with Crippen LogP contribution in [0.4, 0.5) is 9.59 Å². The van der Waals surface area contributed by atoms with E-state index in [-0.39, 0.29) is 5.41 Å². The summed E-state index contributed by atoms with van der Waals surface area (Å²) < 4.78 is 0. The van der Waals surface area contributed by atoms with Gasteiger partial charge in [0.05, 0.1) is 0 Å². The molecule has 8 heteroatoms. The molecule has 6 N–H and O–H groups in total. The first-order valence-corrected chi connectivity index (χ1v) is 5.09.